The van der Waals surface area contributed by atoms with Gasteiger partial charge in [-0.05, 0) is 30.5 Å². The summed E-state index contributed by atoms with van der Waals surface area (Å²) in [5.41, 5.74) is 0.474. The molecule has 9 heteroatoms. The van der Waals surface area contributed by atoms with Crippen LogP contribution >= 0.6 is 22.7 Å². The molecule has 1 aliphatic rings. The monoisotopic (exact) mass is 384 g/mol. The van der Waals surface area contributed by atoms with Gasteiger partial charge in [-0.3, -0.25) is 19.5 Å². The van der Waals surface area contributed by atoms with Crippen molar-refractivity contribution in [3.05, 3.63) is 68.8 Å². The Hall–Kier alpha value is -2.91. The van der Waals surface area contributed by atoms with Gasteiger partial charge >= 0.3 is 0 Å². The highest BCUT2D eigenvalue weighted by atomic mass is 32.1. The number of carbonyl (C=O) groups excluding carboxylic acids is 2. The summed E-state index contributed by atoms with van der Waals surface area (Å²) in [6.45, 7) is 1.77. The number of nitrogens with zero attached hydrogens (tertiary/aromatic N) is 4. The summed E-state index contributed by atoms with van der Waals surface area (Å²) in [4.78, 5) is 31.8. The molecule has 26 heavy (non-hydrogen) atoms. The molecule has 0 saturated heterocycles. The predicted molar refractivity (Wildman–Crippen MR) is 97.4 cm³/mol. The molecule has 130 valence electrons. The molecule has 0 radical (unpaired) electrons. The first-order valence-electron chi connectivity index (χ1n) is 7.64. The minimum atomic E-state index is -0.856. The molecule has 1 amide bonds. The number of hydrogen-bond donors (Lipinski definition) is 1. The van der Waals surface area contributed by atoms with Crippen molar-refractivity contribution in [1.82, 2.24) is 15.2 Å². The van der Waals surface area contributed by atoms with Crippen molar-refractivity contribution >= 4 is 39.5 Å². The van der Waals surface area contributed by atoms with Gasteiger partial charge in [-0.15, -0.1) is 21.5 Å². The van der Waals surface area contributed by atoms with Crippen molar-refractivity contribution in [3.63, 3.8) is 0 Å². The number of aliphatic hydroxyl groups is 1. The number of hydrogen-bond acceptors (Lipinski definition) is 8. The number of carbonyl (C=O) groups is 2. The van der Waals surface area contributed by atoms with Gasteiger partial charge in [0.2, 0.25) is 10.9 Å². The maximum atomic E-state index is 13.0. The first-order valence-corrected chi connectivity index (χ1v) is 9.33. The average Bonchev–Trinajstić information content (AvgIpc) is 3.37. The minimum Gasteiger partial charge on any atom is -0.503 e. The lowest BCUT2D eigenvalue weighted by Crippen LogP contribution is -2.31. The third kappa shape index (κ3) is 2.61. The highest BCUT2D eigenvalue weighted by Crippen LogP contribution is 2.42. The molecule has 3 aromatic rings. The Bertz CT molecular complexity index is 1010. The summed E-state index contributed by atoms with van der Waals surface area (Å²) in [5, 5.41) is 21.2. The van der Waals surface area contributed by atoms with Crippen LogP contribution in [0.1, 0.15) is 26.4 Å². The van der Waals surface area contributed by atoms with Crippen molar-refractivity contribution in [2.75, 3.05) is 4.90 Å². The molecule has 0 bridgehead atoms. The number of aryl methyl sites for hydroxylation is 1. The first-order chi connectivity index (χ1) is 12.6. The van der Waals surface area contributed by atoms with Gasteiger partial charge < -0.3 is 5.11 Å². The van der Waals surface area contributed by atoms with E-state index >= 15 is 0 Å². The molecule has 7 nitrogen and oxygen atoms in total. The number of aliphatic hydroxyl groups excluding tert-OH is 1. The summed E-state index contributed by atoms with van der Waals surface area (Å²) >= 11 is 2.46. The number of Topliss-reactive ketones (excluding diaryl/α,β-unsaturated/α-hetero) is 1. The van der Waals surface area contributed by atoms with Crippen LogP contribution in [0.5, 0.6) is 0 Å². The summed E-state index contributed by atoms with van der Waals surface area (Å²) in [6, 6.07) is 7.76. The SMILES string of the molecule is Cc1nnc(N2C(=O)C(O)=C(C(=O)c3cccs3)[C@@H]2c2ccccn2)s1. The largest absolute Gasteiger partial charge is 0.503 e. The number of pyridine rings is 1. The highest BCUT2D eigenvalue weighted by molar-refractivity contribution is 7.15. The van der Waals surface area contributed by atoms with Crippen LogP contribution in [0, 0.1) is 6.92 Å². The highest BCUT2D eigenvalue weighted by Gasteiger charge is 2.46. The van der Waals surface area contributed by atoms with Gasteiger partial charge in [-0.2, -0.15) is 0 Å². The Morgan fingerprint density at radius 3 is 2.69 bits per heavy atom. The molecular weight excluding hydrogens is 372 g/mol. The normalized spacial score (nSPS) is 17.2. The van der Waals surface area contributed by atoms with Crippen LogP contribution in [0.4, 0.5) is 5.13 Å². The molecular formula is C17H12N4O3S2. The Labute approximate surface area is 156 Å². The van der Waals surface area contributed by atoms with Crippen molar-refractivity contribution in [3.8, 4) is 0 Å². The van der Waals surface area contributed by atoms with Gasteiger partial charge in [0.1, 0.15) is 11.0 Å². The van der Waals surface area contributed by atoms with Gasteiger partial charge in [0.25, 0.3) is 5.91 Å². The summed E-state index contributed by atoms with van der Waals surface area (Å²) in [5.74, 6) is -1.66. The maximum absolute atomic E-state index is 13.0. The van der Waals surface area contributed by atoms with E-state index in [2.05, 4.69) is 15.2 Å². The number of amides is 1. The molecule has 1 N–H and O–H groups in total. The van der Waals surface area contributed by atoms with E-state index in [0.717, 1.165) is 0 Å². The molecule has 0 spiro atoms. The Kier molecular flexibility index (Phi) is 4.09. The number of anilines is 1. The smallest absolute Gasteiger partial charge is 0.296 e. The van der Waals surface area contributed by atoms with Crippen LogP contribution < -0.4 is 4.90 Å². The zero-order valence-electron chi connectivity index (χ0n) is 13.5. The van der Waals surface area contributed by atoms with E-state index in [9.17, 15) is 14.7 Å². The van der Waals surface area contributed by atoms with E-state index < -0.39 is 23.5 Å². The molecule has 4 rings (SSSR count). The van der Waals surface area contributed by atoms with Crippen LogP contribution in [0.2, 0.25) is 0 Å². The second kappa shape index (κ2) is 6.43. The van der Waals surface area contributed by atoms with E-state index in [1.165, 1.54) is 27.6 Å². The number of ketones is 1. The lowest BCUT2D eigenvalue weighted by Gasteiger charge is -2.22. The van der Waals surface area contributed by atoms with E-state index in [4.69, 9.17) is 0 Å². The first kappa shape index (κ1) is 16.6. The van der Waals surface area contributed by atoms with Gasteiger partial charge in [-0.25, -0.2) is 0 Å². The molecule has 0 saturated carbocycles. The van der Waals surface area contributed by atoms with E-state index in [1.807, 2.05) is 0 Å². The zero-order chi connectivity index (χ0) is 18.3. The Balaban J connectivity index is 1.88. The van der Waals surface area contributed by atoms with Gasteiger partial charge in [0, 0.05) is 6.20 Å². The van der Waals surface area contributed by atoms with E-state index in [1.54, 1.807) is 48.8 Å². The minimum absolute atomic E-state index is 0.00371. The van der Waals surface area contributed by atoms with Crippen molar-refractivity contribution < 1.29 is 14.7 Å². The van der Waals surface area contributed by atoms with E-state index in [-0.39, 0.29) is 5.57 Å². The summed E-state index contributed by atoms with van der Waals surface area (Å²) < 4.78 is 0. The molecule has 0 unspecified atom stereocenters. The quantitative estimate of drug-likeness (QED) is 0.695. The predicted octanol–water partition coefficient (Wildman–Crippen LogP) is 3.09. The Morgan fingerprint density at radius 1 is 1.23 bits per heavy atom. The molecule has 4 heterocycles. The molecule has 0 fully saturated rings. The second-order valence-corrected chi connectivity index (χ2v) is 7.61. The summed E-state index contributed by atoms with van der Waals surface area (Å²) in [7, 11) is 0. The maximum Gasteiger partial charge on any atom is 0.296 e. The van der Waals surface area contributed by atoms with Gasteiger partial charge in [0.15, 0.2) is 5.76 Å². The lowest BCUT2D eigenvalue weighted by molar-refractivity contribution is -0.117. The van der Waals surface area contributed by atoms with Crippen LogP contribution in [-0.2, 0) is 4.79 Å². The number of aromatic nitrogens is 3. The number of rotatable bonds is 4. The fourth-order valence-electron chi connectivity index (χ4n) is 2.78. The van der Waals surface area contributed by atoms with Crippen LogP contribution in [0.25, 0.3) is 0 Å². The van der Waals surface area contributed by atoms with Gasteiger partial charge in [-0.1, -0.05) is 23.5 Å². The molecule has 3 aromatic heterocycles. The van der Waals surface area contributed by atoms with Crippen LogP contribution in [0.15, 0.2) is 53.2 Å². The summed E-state index contributed by atoms with van der Waals surface area (Å²) in [6.07, 6.45) is 1.58. The molecule has 0 aromatic carbocycles. The molecule has 1 atom stereocenters. The van der Waals surface area contributed by atoms with Crippen LogP contribution in [-0.4, -0.2) is 32.0 Å². The van der Waals surface area contributed by atoms with Crippen molar-refractivity contribution in [2.45, 2.75) is 13.0 Å². The number of thiophene rings is 1. The average molecular weight is 384 g/mol. The topological polar surface area (TPSA) is 96.3 Å². The van der Waals surface area contributed by atoms with E-state index in [0.29, 0.717) is 20.7 Å². The fourth-order valence-corrected chi connectivity index (χ4v) is 4.17. The third-order valence-electron chi connectivity index (χ3n) is 3.89. The Morgan fingerprint density at radius 2 is 2.08 bits per heavy atom. The fraction of sp³-hybridized carbons (Fsp3) is 0.118. The zero-order valence-corrected chi connectivity index (χ0v) is 15.1. The lowest BCUT2D eigenvalue weighted by atomic mass is 9.99. The van der Waals surface area contributed by atoms with Crippen molar-refractivity contribution in [1.29, 1.82) is 0 Å². The third-order valence-corrected chi connectivity index (χ3v) is 5.59. The van der Waals surface area contributed by atoms with Gasteiger partial charge in [0.05, 0.1) is 16.1 Å². The second-order valence-electron chi connectivity index (χ2n) is 5.50. The molecule has 0 aliphatic carbocycles. The van der Waals surface area contributed by atoms with Crippen LogP contribution in [0.3, 0.4) is 0 Å². The van der Waals surface area contributed by atoms with Crippen molar-refractivity contribution in [2.24, 2.45) is 0 Å². The molecule has 1 aliphatic heterocycles. The standard InChI is InChI=1S/C17H12N4O3S2/c1-9-19-20-17(26-9)21-13(10-5-2-3-7-18-10)12(15(23)16(21)24)14(22)11-6-4-8-25-11/h2-8,13,23H,1H3/t13-/m0/s1.